The van der Waals surface area contributed by atoms with Gasteiger partial charge in [-0.1, -0.05) is 6.07 Å². The number of hydrogen-bond acceptors (Lipinski definition) is 4. The summed E-state index contributed by atoms with van der Waals surface area (Å²) in [7, 11) is -3.57. The van der Waals surface area contributed by atoms with Gasteiger partial charge >= 0.3 is 0 Å². The fraction of sp³-hybridized carbons (Fsp3) is 0.571. The quantitative estimate of drug-likeness (QED) is 0.805. The monoisotopic (exact) mass is 300 g/mol. The van der Waals surface area contributed by atoms with E-state index < -0.39 is 10.0 Å². The molecule has 0 heterocycles. The Kier molecular flexibility index (Phi) is 5.98. The summed E-state index contributed by atoms with van der Waals surface area (Å²) in [5.74, 6) is -0.0566. The van der Waals surface area contributed by atoms with Gasteiger partial charge in [0.1, 0.15) is 5.75 Å². The molecule has 0 aromatic heterocycles. The lowest BCUT2D eigenvalue weighted by Crippen LogP contribution is -2.42. The van der Waals surface area contributed by atoms with Crippen LogP contribution in [-0.4, -0.2) is 43.6 Å². The highest BCUT2D eigenvalue weighted by Gasteiger charge is 2.17. The smallest absolute Gasteiger partial charge is 0.240 e. The molecule has 0 amide bonds. The molecule has 0 saturated heterocycles. The molecule has 0 aliphatic carbocycles. The van der Waals surface area contributed by atoms with E-state index in [1.165, 1.54) is 24.3 Å². The van der Waals surface area contributed by atoms with Crippen LogP contribution >= 0.6 is 0 Å². The third-order valence-electron chi connectivity index (χ3n) is 3.12. The summed E-state index contributed by atoms with van der Waals surface area (Å²) >= 11 is 0. The number of phenols is 1. The van der Waals surface area contributed by atoms with E-state index in [1.807, 2.05) is 0 Å². The van der Waals surface area contributed by atoms with Crippen LogP contribution in [0, 0.1) is 0 Å². The van der Waals surface area contributed by atoms with Gasteiger partial charge in [-0.25, -0.2) is 13.1 Å². The van der Waals surface area contributed by atoms with E-state index in [-0.39, 0.29) is 10.6 Å². The van der Waals surface area contributed by atoms with Crippen molar-refractivity contribution in [2.24, 2.45) is 0 Å². The molecule has 1 aromatic carbocycles. The Bertz CT molecular complexity index is 519. The van der Waals surface area contributed by atoms with E-state index in [0.29, 0.717) is 25.2 Å². The van der Waals surface area contributed by atoms with Crippen molar-refractivity contribution < 1.29 is 13.5 Å². The zero-order valence-electron chi connectivity index (χ0n) is 12.5. The molecule has 0 aliphatic rings. The lowest BCUT2D eigenvalue weighted by molar-refractivity contribution is 0.179. The minimum absolute atomic E-state index is 0.0566. The largest absolute Gasteiger partial charge is 0.508 e. The van der Waals surface area contributed by atoms with Gasteiger partial charge in [0.05, 0.1) is 4.90 Å². The van der Waals surface area contributed by atoms with Crippen molar-refractivity contribution in [2.75, 3.05) is 13.1 Å². The van der Waals surface area contributed by atoms with Crippen LogP contribution in [0.4, 0.5) is 0 Å². The van der Waals surface area contributed by atoms with Crippen molar-refractivity contribution in [2.45, 2.75) is 44.7 Å². The van der Waals surface area contributed by atoms with Crippen LogP contribution in [0.15, 0.2) is 29.2 Å². The summed E-state index contributed by atoms with van der Waals surface area (Å²) in [6.45, 7) is 9.34. The maximum atomic E-state index is 12.1. The zero-order chi connectivity index (χ0) is 15.3. The lowest BCUT2D eigenvalue weighted by atomic mass is 10.2. The molecule has 5 nitrogen and oxygen atoms in total. The standard InChI is InChI=1S/C14H24N2O3S/c1-11(2)16(12(3)4)9-8-15-20(18,19)14-7-5-6-13(17)10-14/h5-7,10-12,15,17H,8-9H2,1-4H3. The molecular weight excluding hydrogens is 276 g/mol. The number of sulfonamides is 1. The summed E-state index contributed by atoms with van der Waals surface area (Å²) in [5.41, 5.74) is 0. The van der Waals surface area contributed by atoms with Crippen molar-refractivity contribution in [1.82, 2.24) is 9.62 Å². The van der Waals surface area contributed by atoms with Crippen molar-refractivity contribution >= 4 is 10.0 Å². The maximum absolute atomic E-state index is 12.1. The van der Waals surface area contributed by atoms with Crippen molar-refractivity contribution in [1.29, 1.82) is 0 Å². The minimum Gasteiger partial charge on any atom is -0.508 e. The van der Waals surface area contributed by atoms with Gasteiger partial charge in [0.15, 0.2) is 0 Å². The third-order valence-corrected chi connectivity index (χ3v) is 4.58. The molecule has 0 spiro atoms. The van der Waals surface area contributed by atoms with Gasteiger partial charge in [0, 0.05) is 25.2 Å². The zero-order valence-corrected chi connectivity index (χ0v) is 13.3. The lowest BCUT2D eigenvalue weighted by Gasteiger charge is -2.30. The normalized spacial score (nSPS) is 12.6. The first-order chi connectivity index (χ1) is 9.24. The molecule has 0 unspecified atom stereocenters. The molecule has 0 fully saturated rings. The van der Waals surface area contributed by atoms with Crippen LogP contribution in [-0.2, 0) is 10.0 Å². The summed E-state index contributed by atoms with van der Waals surface area (Å²) in [4.78, 5) is 2.29. The molecule has 6 heteroatoms. The van der Waals surface area contributed by atoms with Crippen LogP contribution in [0.3, 0.4) is 0 Å². The Morgan fingerprint density at radius 3 is 2.30 bits per heavy atom. The van der Waals surface area contributed by atoms with Crippen LogP contribution in [0.1, 0.15) is 27.7 Å². The highest BCUT2D eigenvalue weighted by molar-refractivity contribution is 7.89. The van der Waals surface area contributed by atoms with Crippen LogP contribution in [0.5, 0.6) is 5.75 Å². The number of aromatic hydroxyl groups is 1. The first kappa shape index (κ1) is 16.9. The molecule has 20 heavy (non-hydrogen) atoms. The van der Waals surface area contributed by atoms with Crippen molar-refractivity contribution in [3.8, 4) is 5.75 Å². The first-order valence-corrected chi connectivity index (χ1v) is 8.27. The SMILES string of the molecule is CC(C)N(CCNS(=O)(=O)c1cccc(O)c1)C(C)C. The molecule has 1 aromatic rings. The topological polar surface area (TPSA) is 69.6 Å². The Labute approximate surface area is 121 Å². The van der Waals surface area contributed by atoms with E-state index in [2.05, 4.69) is 37.3 Å². The summed E-state index contributed by atoms with van der Waals surface area (Å²) in [5, 5.41) is 9.34. The molecule has 114 valence electrons. The molecular formula is C14H24N2O3S. The second-order valence-corrected chi connectivity index (χ2v) is 7.09. The Hall–Kier alpha value is -1.11. The number of rotatable bonds is 7. The van der Waals surface area contributed by atoms with Gasteiger partial charge in [-0.05, 0) is 45.9 Å². The average Bonchev–Trinajstić information content (AvgIpc) is 2.33. The number of nitrogens with one attached hydrogen (secondary N) is 1. The summed E-state index contributed by atoms with van der Waals surface area (Å²) in [6.07, 6.45) is 0. The van der Waals surface area contributed by atoms with Crippen LogP contribution in [0.25, 0.3) is 0 Å². The summed E-state index contributed by atoms with van der Waals surface area (Å²) < 4.78 is 26.7. The Morgan fingerprint density at radius 2 is 1.80 bits per heavy atom. The molecule has 0 atom stereocenters. The van der Waals surface area contributed by atoms with E-state index in [4.69, 9.17) is 0 Å². The van der Waals surface area contributed by atoms with E-state index in [9.17, 15) is 13.5 Å². The fourth-order valence-electron chi connectivity index (χ4n) is 2.16. The third kappa shape index (κ3) is 4.77. The highest BCUT2D eigenvalue weighted by Crippen LogP contribution is 2.15. The van der Waals surface area contributed by atoms with Gasteiger partial charge in [0.25, 0.3) is 0 Å². The van der Waals surface area contributed by atoms with E-state index >= 15 is 0 Å². The summed E-state index contributed by atoms with van der Waals surface area (Å²) in [6, 6.07) is 6.38. The van der Waals surface area contributed by atoms with Gasteiger partial charge in [-0.3, -0.25) is 4.90 Å². The van der Waals surface area contributed by atoms with Crippen LogP contribution in [0.2, 0.25) is 0 Å². The van der Waals surface area contributed by atoms with Crippen molar-refractivity contribution in [3.05, 3.63) is 24.3 Å². The van der Waals surface area contributed by atoms with E-state index in [1.54, 1.807) is 0 Å². The number of benzene rings is 1. The van der Waals surface area contributed by atoms with Gasteiger partial charge in [0.2, 0.25) is 10.0 Å². The molecule has 0 saturated carbocycles. The highest BCUT2D eigenvalue weighted by atomic mass is 32.2. The molecule has 0 radical (unpaired) electrons. The minimum atomic E-state index is -3.57. The number of phenolic OH excluding ortho intramolecular Hbond substituents is 1. The molecule has 0 bridgehead atoms. The Balaban J connectivity index is 2.65. The van der Waals surface area contributed by atoms with Gasteiger partial charge < -0.3 is 5.11 Å². The van der Waals surface area contributed by atoms with E-state index in [0.717, 1.165) is 0 Å². The molecule has 2 N–H and O–H groups in total. The van der Waals surface area contributed by atoms with Crippen molar-refractivity contribution in [3.63, 3.8) is 0 Å². The predicted octanol–water partition coefficient (Wildman–Crippen LogP) is 1.79. The number of hydrogen-bond donors (Lipinski definition) is 2. The number of nitrogens with zero attached hydrogens (tertiary/aromatic N) is 1. The second kappa shape index (κ2) is 7.06. The molecule has 1 rings (SSSR count). The van der Waals surface area contributed by atoms with Gasteiger partial charge in [-0.2, -0.15) is 0 Å². The molecule has 0 aliphatic heterocycles. The van der Waals surface area contributed by atoms with Gasteiger partial charge in [-0.15, -0.1) is 0 Å². The Morgan fingerprint density at radius 1 is 1.20 bits per heavy atom. The maximum Gasteiger partial charge on any atom is 0.240 e. The predicted molar refractivity (Wildman–Crippen MR) is 80.3 cm³/mol. The first-order valence-electron chi connectivity index (χ1n) is 6.78. The van der Waals surface area contributed by atoms with Crippen LogP contribution < -0.4 is 4.72 Å². The second-order valence-electron chi connectivity index (χ2n) is 5.32. The average molecular weight is 300 g/mol. The fourth-order valence-corrected chi connectivity index (χ4v) is 3.22.